The molecule has 166 valence electrons. The highest BCUT2D eigenvalue weighted by atomic mass is 35.5. The summed E-state index contributed by atoms with van der Waals surface area (Å²) in [6, 6.07) is 31.0. The Morgan fingerprint density at radius 2 is 1.21 bits per heavy atom. The van der Waals surface area contributed by atoms with Crippen LogP contribution in [0.3, 0.4) is 0 Å². The maximum Gasteiger partial charge on any atom is 0.177 e. The highest BCUT2D eigenvalue weighted by Crippen LogP contribution is 2.35. The van der Waals surface area contributed by atoms with Gasteiger partial charge in [-0.2, -0.15) is 0 Å². The number of imidazole rings is 1. The molecule has 0 aliphatic carbocycles. The highest BCUT2D eigenvalue weighted by molar-refractivity contribution is 6.33. The summed E-state index contributed by atoms with van der Waals surface area (Å²) >= 11 is 12.7. The smallest absolute Gasteiger partial charge is 0.177 e. The monoisotopic (exact) mass is 484 g/mol. The number of nitrogens with zero attached hydrogens (tertiary/aromatic N) is 2. The van der Waals surface area contributed by atoms with Crippen molar-refractivity contribution in [3.63, 3.8) is 0 Å². The van der Waals surface area contributed by atoms with Gasteiger partial charge in [0.05, 0.1) is 27.6 Å². The van der Waals surface area contributed by atoms with E-state index in [1.807, 2.05) is 97.1 Å². The lowest BCUT2D eigenvalue weighted by Gasteiger charge is -2.07. The molecule has 0 amide bonds. The topological polar surface area (TPSA) is 44.1 Å². The largest absolute Gasteiger partial charge is 0.459 e. The van der Waals surface area contributed by atoms with Crippen LogP contribution in [0.1, 0.15) is 5.76 Å². The van der Waals surface area contributed by atoms with Gasteiger partial charge in [0.1, 0.15) is 17.3 Å². The van der Waals surface area contributed by atoms with Gasteiger partial charge in [0.15, 0.2) is 11.6 Å². The van der Waals surface area contributed by atoms with Crippen molar-refractivity contribution in [2.75, 3.05) is 0 Å². The Morgan fingerprint density at radius 1 is 0.618 bits per heavy atom. The standard InChI is InChI=1S/C28H18Cl2N2O2/c29-21-9-3-1-7-19(21)25-14-13-18(33-25)17-32-24-12-6-5-11-23(24)31-28(32)27-16-15-26(34-27)20-8-2-4-10-22(20)30/h1-16H,17H2. The predicted molar refractivity (Wildman–Crippen MR) is 136 cm³/mol. The first kappa shape index (κ1) is 20.8. The van der Waals surface area contributed by atoms with E-state index in [0.29, 0.717) is 28.1 Å². The number of fused-ring (bicyclic) bond motifs is 1. The van der Waals surface area contributed by atoms with Gasteiger partial charge in [-0.25, -0.2) is 4.98 Å². The quantitative estimate of drug-likeness (QED) is 0.246. The van der Waals surface area contributed by atoms with E-state index in [0.717, 1.165) is 39.5 Å². The van der Waals surface area contributed by atoms with Gasteiger partial charge in [-0.05, 0) is 60.7 Å². The lowest BCUT2D eigenvalue weighted by molar-refractivity contribution is 0.506. The van der Waals surface area contributed by atoms with Gasteiger partial charge in [-0.3, -0.25) is 0 Å². The number of halogens is 2. The zero-order valence-electron chi connectivity index (χ0n) is 17.9. The van der Waals surface area contributed by atoms with Gasteiger partial charge < -0.3 is 13.4 Å². The van der Waals surface area contributed by atoms with Crippen LogP contribution < -0.4 is 0 Å². The molecule has 0 radical (unpaired) electrons. The zero-order valence-corrected chi connectivity index (χ0v) is 19.4. The van der Waals surface area contributed by atoms with Crippen molar-refractivity contribution in [2.24, 2.45) is 0 Å². The van der Waals surface area contributed by atoms with Crippen LogP contribution in [0, 0.1) is 0 Å². The maximum atomic E-state index is 6.38. The molecular weight excluding hydrogens is 467 g/mol. The lowest BCUT2D eigenvalue weighted by Crippen LogP contribution is -2.00. The minimum Gasteiger partial charge on any atom is -0.459 e. The summed E-state index contributed by atoms with van der Waals surface area (Å²) in [6.07, 6.45) is 0. The summed E-state index contributed by atoms with van der Waals surface area (Å²) < 4.78 is 14.5. The first-order valence-electron chi connectivity index (χ1n) is 10.8. The van der Waals surface area contributed by atoms with Crippen LogP contribution in [0.5, 0.6) is 0 Å². The Balaban J connectivity index is 1.41. The third-order valence-electron chi connectivity index (χ3n) is 5.74. The van der Waals surface area contributed by atoms with Crippen molar-refractivity contribution in [3.05, 3.63) is 113 Å². The van der Waals surface area contributed by atoms with Crippen molar-refractivity contribution >= 4 is 34.2 Å². The number of furan rings is 2. The summed E-state index contributed by atoms with van der Waals surface area (Å²) in [5.74, 6) is 3.58. The average molecular weight is 485 g/mol. The Morgan fingerprint density at radius 3 is 1.94 bits per heavy atom. The van der Waals surface area contributed by atoms with E-state index in [9.17, 15) is 0 Å². The minimum atomic E-state index is 0.489. The zero-order chi connectivity index (χ0) is 23.1. The van der Waals surface area contributed by atoms with E-state index < -0.39 is 0 Å². The molecule has 6 aromatic rings. The number of aromatic nitrogens is 2. The van der Waals surface area contributed by atoms with Gasteiger partial charge in [0.2, 0.25) is 0 Å². The summed E-state index contributed by atoms with van der Waals surface area (Å²) in [5.41, 5.74) is 3.57. The molecule has 3 aromatic heterocycles. The molecule has 0 saturated heterocycles. The number of benzene rings is 3. The fourth-order valence-corrected chi connectivity index (χ4v) is 4.57. The van der Waals surface area contributed by atoms with Crippen LogP contribution in [-0.4, -0.2) is 9.55 Å². The summed E-state index contributed by atoms with van der Waals surface area (Å²) in [7, 11) is 0. The van der Waals surface area contributed by atoms with E-state index in [4.69, 9.17) is 37.0 Å². The van der Waals surface area contributed by atoms with E-state index in [1.54, 1.807) is 0 Å². The highest BCUT2D eigenvalue weighted by Gasteiger charge is 2.19. The second-order valence-corrected chi connectivity index (χ2v) is 8.71. The fourth-order valence-electron chi connectivity index (χ4n) is 4.11. The van der Waals surface area contributed by atoms with E-state index in [1.165, 1.54) is 0 Å². The first-order chi connectivity index (χ1) is 16.7. The Bertz CT molecular complexity index is 1630. The second-order valence-electron chi connectivity index (χ2n) is 7.90. The molecule has 0 spiro atoms. The Kier molecular flexibility index (Phi) is 5.25. The fraction of sp³-hybridized carbons (Fsp3) is 0.0357. The SMILES string of the molecule is Clc1ccccc1-c1ccc(Cn2c(-c3ccc(-c4ccccc4Cl)o3)nc3ccccc32)o1. The van der Waals surface area contributed by atoms with Crippen LogP contribution in [0.2, 0.25) is 10.0 Å². The van der Waals surface area contributed by atoms with Crippen molar-refractivity contribution in [2.45, 2.75) is 6.54 Å². The predicted octanol–water partition coefficient (Wildman–Crippen LogP) is 8.58. The molecule has 0 aliphatic heterocycles. The lowest BCUT2D eigenvalue weighted by atomic mass is 10.2. The van der Waals surface area contributed by atoms with E-state index in [2.05, 4.69) is 4.57 Å². The summed E-state index contributed by atoms with van der Waals surface area (Å²) in [5, 5.41) is 1.29. The number of para-hydroxylation sites is 2. The normalized spacial score (nSPS) is 11.4. The summed E-state index contributed by atoms with van der Waals surface area (Å²) in [4.78, 5) is 4.86. The third-order valence-corrected chi connectivity index (χ3v) is 6.39. The first-order valence-corrected chi connectivity index (χ1v) is 11.6. The van der Waals surface area contributed by atoms with Crippen LogP contribution in [0.4, 0.5) is 0 Å². The molecular formula is C28H18Cl2N2O2. The number of rotatable bonds is 5. The van der Waals surface area contributed by atoms with Crippen molar-refractivity contribution < 1.29 is 8.83 Å². The van der Waals surface area contributed by atoms with Crippen LogP contribution in [0.15, 0.2) is 106 Å². The molecule has 0 bridgehead atoms. The molecule has 6 heteroatoms. The molecule has 0 atom stereocenters. The Hall–Kier alpha value is -3.73. The van der Waals surface area contributed by atoms with Crippen LogP contribution >= 0.6 is 23.2 Å². The molecule has 0 fully saturated rings. The van der Waals surface area contributed by atoms with Gasteiger partial charge in [-0.15, -0.1) is 0 Å². The Labute approximate surface area is 206 Å². The molecule has 0 saturated carbocycles. The number of hydrogen-bond donors (Lipinski definition) is 0. The van der Waals surface area contributed by atoms with Crippen molar-refractivity contribution in [1.82, 2.24) is 9.55 Å². The second kappa shape index (κ2) is 8.56. The van der Waals surface area contributed by atoms with Crippen molar-refractivity contribution in [1.29, 1.82) is 0 Å². The van der Waals surface area contributed by atoms with Gasteiger partial charge >= 0.3 is 0 Å². The van der Waals surface area contributed by atoms with Crippen LogP contribution in [-0.2, 0) is 6.54 Å². The van der Waals surface area contributed by atoms with Crippen LogP contribution in [0.25, 0.3) is 45.3 Å². The summed E-state index contributed by atoms with van der Waals surface area (Å²) in [6.45, 7) is 0.489. The van der Waals surface area contributed by atoms with Gasteiger partial charge in [-0.1, -0.05) is 59.6 Å². The van der Waals surface area contributed by atoms with E-state index in [-0.39, 0.29) is 0 Å². The van der Waals surface area contributed by atoms with Gasteiger partial charge in [0.25, 0.3) is 0 Å². The third kappa shape index (κ3) is 3.71. The molecule has 4 nitrogen and oxygen atoms in total. The van der Waals surface area contributed by atoms with E-state index >= 15 is 0 Å². The molecule has 6 rings (SSSR count). The maximum absolute atomic E-state index is 6.38. The molecule has 3 aromatic carbocycles. The number of hydrogen-bond acceptors (Lipinski definition) is 3. The molecule has 3 heterocycles. The van der Waals surface area contributed by atoms with Crippen molar-refractivity contribution in [3.8, 4) is 34.2 Å². The minimum absolute atomic E-state index is 0.489. The average Bonchev–Trinajstić information content (AvgIpc) is 3.59. The molecule has 34 heavy (non-hydrogen) atoms. The molecule has 0 N–H and O–H groups in total. The molecule has 0 unspecified atom stereocenters. The molecule has 0 aliphatic rings. The van der Waals surface area contributed by atoms with Gasteiger partial charge in [0, 0.05) is 11.1 Å².